The second-order valence-electron chi connectivity index (χ2n) is 12.1. The van der Waals surface area contributed by atoms with Crippen LogP contribution in [0, 0.1) is 11.2 Å². The Morgan fingerprint density at radius 2 is 1.89 bits per heavy atom. The van der Waals surface area contributed by atoms with E-state index in [1.54, 1.807) is 36.1 Å². The van der Waals surface area contributed by atoms with Gasteiger partial charge in [-0.1, -0.05) is 5.57 Å². The van der Waals surface area contributed by atoms with Crippen LogP contribution in [0.5, 0.6) is 0 Å². The summed E-state index contributed by atoms with van der Waals surface area (Å²) in [5.41, 5.74) is -0.330. The SMILES string of the molecule is Cn1cnc(S(=O)(=O)N([C@H]2CCOC2)[C@H]2CCC3=Cc4c(cnn4-c4ccc(F)cc4)C[C@]3(C(=O)c3cc(C(F)(F)F)ccn3)C2)n1. The van der Waals surface area contributed by atoms with Gasteiger partial charge >= 0.3 is 6.18 Å². The summed E-state index contributed by atoms with van der Waals surface area (Å²) in [4.78, 5) is 22.7. The minimum absolute atomic E-state index is 0.0284. The summed E-state index contributed by atoms with van der Waals surface area (Å²) in [7, 11) is -2.72. The molecule has 0 amide bonds. The Bertz CT molecular complexity index is 1980. The molecule has 0 N–H and O–H groups in total. The topological polar surface area (TPSA) is 125 Å². The van der Waals surface area contributed by atoms with E-state index in [1.165, 1.54) is 27.4 Å². The fraction of sp³-hybridized carbons (Fsp3) is 0.387. The van der Waals surface area contributed by atoms with Gasteiger partial charge in [0.05, 0.1) is 41.2 Å². The number of alkyl halides is 3. The fourth-order valence-corrected chi connectivity index (χ4v) is 8.74. The van der Waals surface area contributed by atoms with Gasteiger partial charge in [0.2, 0.25) is 0 Å². The van der Waals surface area contributed by atoms with Crippen molar-refractivity contribution in [3.05, 3.63) is 89.0 Å². The first-order chi connectivity index (χ1) is 22.4. The summed E-state index contributed by atoms with van der Waals surface area (Å²) in [5, 5.41) is 8.16. The lowest BCUT2D eigenvalue weighted by Crippen LogP contribution is -2.54. The molecule has 1 saturated carbocycles. The summed E-state index contributed by atoms with van der Waals surface area (Å²) in [6.07, 6.45) is 1.91. The summed E-state index contributed by atoms with van der Waals surface area (Å²) in [5.74, 6) is -1.06. The number of halogens is 4. The third-order valence-electron chi connectivity index (χ3n) is 9.17. The standard InChI is InChI=1S/C31H29F4N7O4S/c1-40-18-37-29(39-40)47(44,45)42(25-9-11-46-17-25)24-5-2-20-13-27-19(16-38-41(27)23-6-3-22(32)4-7-23)14-30(20,15-24)28(43)26-12-21(8-10-36-26)31(33,34)35/h3-4,6-8,10,12-13,16,18,24-25H,2,5,9,11,14-15,17H2,1H3/t24-,25-,30-/m0/s1. The van der Waals surface area contributed by atoms with E-state index >= 15 is 0 Å². The lowest BCUT2D eigenvalue weighted by atomic mass is 9.60. The largest absolute Gasteiger partial charge is 0.416 e. The van der Waals surface area contributed by atoms with Gasteiger partial charge in [-0.3, -0.25) is 14.5 Å². The molecule has 3 aliphatic rings. The highest BCUT2D eigenvalue weighted by Crippen LogP contribution is 2.52. The molecule has 0 unspecified atom stereocenters. The number of carbonyl (C=O) groups is 1. The zero-order valence-electron chi connectivity index (χ0n) is 25.1. The number of hydrogen-bond acceptors (Lipinski definition) is 8. The van der Waals surface area contributed by atoms with Crippen molar-refractivity contribution in [2.75, 3.05) is 13.2 Å². The van der Waals surface area contributed by atoms with E-state index in [4.69, 9.17) is 4.74 Å². The molecular formula is C31H29F4N7O4S. The molecule has 2 aliphatic carbocycles. The molecule has 3 atom stereocenters. The zero-order valence-corrected chi connectivity index (χ0v) is 25.9. The van der Waals surface area contributed by atoms with E-state index in [2.05, 4.69) is 20.2 Å². The Morgan fingerprint density at radius 1 is 1.11 bits per heavy atom. The van der Waals surface area contributed by atoms with Crippen molar-refractivity contribution in [3.63, 3.8) is 0 Å². The number of nitrogens with zero attached hydrogens (tertiary/aromatic N) is 7. The number of ether oxygens (including phenoxy) is 1. The number of sulfonamides is 1. The van der Waals surface area contributed by atoms with E-state index in [0.29, 0.717) is 42.0 Å². The van der Waals surface area contributed by atoms with Crippen molar-refractivity contribution in [1.82, 2.24) is 33.8 Å². The molecular weight excluding hydrogens is 642 g/mol. The van der Waals surface area contributed by atoms with Crippen LogP contribution in [0.1, 0.15) is 53.0 Å². The zero-order chi connectivity index (χ0) is 33.1. The summed E-state index contributed by atoms with van der Waals surface area (Å²) >= 11 is 0. The molecule has 47 heavy (non-hydrogen) atoms. The number of aromatic nitrogens is 6. The number of aryl methyl sites for hydroxylation is 1. The van der Waals surface area contributed by atoms with Crippen LogP contribution in [0.15, 0.2) is 65.8 Å². The maximum absolute atomic E-state index is 14.6. The Hall–Kier alpha value is -4.28. The van der Waals surface area contributed by atoms with Gasteiger partial charge in [-0.25, -0.2) is 22.5 Å². The molecule has 11 nitrogen and oxygen atoms in total. The van der Waals surface area contributed by atoms with Gasteiger partial charge in [0.1, 0.15) is 17.8 Å². The molecule has 2 fully saturated rings. The molecule has 4 heterocycles. The molecule has 0 spiro atoms. The smallest absolute Gasteiger partial charge is 0.380 e. The minimum atomic E-state index is -4.71. The van der Waals surface area contributed by atoms with Crippen molar-refractivity contribution >= 4 is 21.9 Å². The number of hydrogen-bond donors (Lipinski definition) is 0. The van der Waals surface area contributed by atoms with Crippen LogP contribution in [-0.2, 0) is 34.4 Å². The number of allylic oxidation sites excluding steroid dienone is 1. The Labute approximate surface area is 266 Å². The summed E-state index contributed by atoms with van der Waals surface area (Å²) in [6, 6.07) is 5.98. The predicted octanol–water partition coefficient (Wildman–Crippen LogP) is 4.39. The number of fused-ring (bicyclic) bond motifs is 2. The number of rotatable bonds is 7. The van der Waals surface area contributed by atoms with E-state index in [-0.39, 0.29) is 36.7 Å². The second-order valence-corrected chi connectivity index (χ2v) is 13.8. The number of ketones is 1. The van der Waals surface area contributed by atoms with Gasteiger partial charge in [0, 0.05) is 25.9 Å². The van der Waals surface area contributed by atoms with Gasteiger partial charge in [-0.15, -0.1) is 5.10 Å². The summed E-state index contributed by atoms with van der Waals surface area (Å²) < 4.78 is 93.0. The first-order valence-corrected chi connectivity index (χ1v) is 16.4. The van der Waals surface area contributed by atoms with Crippen molar-refractivity contribution < 1.29 is 35.5 Å². The van der Waals surface area contributed by atoms with E-state index in [0.717, 1.165) is 18.3 Å². The van der Waals surface area contributed by atoms with Crippen LogP contribution in [0.4, 0.5) is 17.6 Å². The van der Waals surface area contributed by atoms with Crippen molar-refractivity contribution in [1.29, 1.82) is 0 Å². The number of benzene rings is 1. The predicted molar refractivity (Wildman–Crippen MR) is 158 cm³/mol. The first-order valence-electron chi connectivity index (χ1n) is 15.0. The fourth-order valence-electron chi connectivity index (χ4n) is 7.01. The summed E-state index contributed by atoms with van der Waals surface area (Å²) in [6.45, 7) is 0.477. The Morgan fingerprint density at radius 3 is 2.57 bits per heavy atom. The lowest BCUT2D eigenvalue weighted by Gasteiger charge is -2.47. The highest BCUT2D eigenvalue weighted by atomic mass is 32.2. The van der Waals surface area contributed by atoms with Crippen molar-refractivity contribution in [3.8, 4) is 5.69 Å². The molecule has 7 rings (SSSR count). The molecule has 3 aromatic heterocycles. The maximum Gasteiger partial charge on any atom is 0.416 e. The Kier molecular flexibility index (Phi) is 7.63. The average Bonchev–Trinajstić information content (AvgIpc) is 3.82. The third-order valence-corrected chi connectivity index (χ3v) is 11.0. The highest BCUT2D eigenvalue weighted by molar-refractivity contribution is 7.89. The van der Waals surface area contributed by atoms with Crippen LogP contribution in [0.25, 0.3) is 11.8 Å². The van der Waals surface area contributed by atoms with Gasteiger partial charge < -0.3 is 4.74 Å². The van der Waals surface area contributed by atoms with Crippen molar-refractivity contribution in [2.45, 2.75) is 55.5 Å². The van der Waals surface area contributed by atoms with E-state index < -0.39 is 50.9 Å². The third kappa shape index (κ3) is 5.47. The number of carbonyl (C=O) groups excluding carboxylic acids is 1. The number of Topliss-reactive ketones (excluding diaryl/α,β-unsaturated/α-hetero) is 1. The first kappa shape index (κ1) is 31.3. The monoisotopic (exact) mass is 671 g/mol. The highest BCUT2D eigenvalue weighted by Gasteiger charge is 2.53. The van der Waals surface area contributed by atoms with Crippen LogP contribution in [-0.4, -0.2) is 73.3 Å². The minimum Gasteiger partial charge on any atom is -0.380 e. The van der Waals surface area contributed by atoms with Gasteiger partial charge in [-0.2, -0.15) is 22.6 Å². The van der Waals surface area contributed by atoms with Crippen LogP contribution < -0.4 is 0 Å². The average molecular weight is 672 g/mol. The van der Waals surface area contributed by atoms with Gasteiger partial charge in [0.25, 0.3) is 15.2 Å². The molecule has 1 aromatic carbocycles. The molecule has 1 aliphatic heterocycles. The van der Waals surface area contributed by atoms with Crippen LogP contribution in [0.2, 0.25) is 0 Å². The maximum atomic E-state index is 14.6. The van der Waals surface area contributed by atoms with E-state index in [1.807, 2.05) is 0 Å². The van der Waals surface area contributed by atoms with Crippen LogP contribution >= 0.6 is 0 Å². The van der Waals surface area contributed by atoms with Crippen molar-refractivity contribution in [2.24, 2.45) is 12.5 Å². The molecule has 0 bridgehead atoms. The van der Waals surface area contributed by atoms with Gasteiger partial charge in [-0.05, 0) is 80.1 Å². The Balaban J connectivity index is 1.35. The molecule has 0 radical (unpaired) electrons. The molecule has 4 aromatic rings. The molecule has 246 valence electrons. The molecule has 1 saturated heterocycles. The molecule has 16 heteroatoms. The number of pyridine rings is 1. The van der Waals surface area contributed by atoms with Gasteiger partial charge in [0.15, 0.2) is 5.78 Å². The van der Waals surface area contributed by atoms with Crippen LogP contribution in [0.3, 0.4) is 0 Å². The lowest BCUT2D eigenvalue weighted by molar-refractivity contribution is -0.137. The second kappa shape index (κ2) is 11.5. The normalized spacial score (nSPS) is 23.0. The quantitative estimate of drug-likeness (QED) is 0.209. The van der Waals surface area contributed by atoms with E-state index in [9.17, 15) is 30.8 Å².